The molecule has 230 valence electrons. The van der Waals surface area contributed by atoms with Crippen molar-refractivity contribution in [2.24, 2.45) is 11.3 Å². The van der Waals surface area contributed by atoms with Gasteiger partial charge in [-0.25, -0.2) is 9.59 Å². The highest BCUT2D eigenvalue weighted by Crippen LogP contribution is 2.51. The molecule has 9 nitrogen and oxygen atoms in total. The van der Waals surface area contributed by atoms with E-state index >= 15 is 0 Å². The highest BCUT2D eigenvalue weighted by Gasteiger charge is 2.54. The summed E-state index contributed by atoms with van der Waals surface area (Å²) in [5.41, 5.74) is 0.479. The van der Waals surface area contributed by atoms with E-state index in [9.17, 15) is 32.7 Å². The largest absolute Gasteiger partial charge is 0.490 e. The number of aliphatic carboxylic acids is 2. The molecule has 0 unspecified atom stereocenters. The van der Waals surface area contributed by atoms with Crippen LogP contribution in [-0.2, 0) is 24.6 Å². The molecule has 41 heavy (non-hydrogen) atoms. The molecule has 2 rings (SSSR count). The number of carboxylic acids is 2. The first-order chi connectivity index (χ1) is 18.7. The number of halogens is 3. The van der Waals surface area contributed by atoms with Gasteiger partial charge in [-0.05, 0) is 43.7 Å². The molecule has 1 aliphatic rings. The Hall–Kier alpha value is -3.41. The van der Waals surface area contributed by atoms with Crippen LogP contribution in [-0.4, -0.2) is 77.3 Å². The molecule has 1 fully saturated rings. The van der Waals surface area contributed by atoms with Gasteiger partial charge < -0.3 is 25.7 Å². The number of hydrogen-bond donors (Lipinski definition) is 4. The monoisotopic (exact) mass is 585 g/mol. The van der Waals surface area contributed by atoms with Crippen molar-refractivity contribution in [1.82, 2.24) is 15.5 Å². The van der Waals surface area contributed by atoms with E-state index in [1.54, 1.807) is 25.1 Å². The first kappa shape index (κ1) is 35.6. The highest BCUT2D eigenvalue weighted by molar-refractivity contribution is 5.92. The number of hydrogen-bond acceptors (Lipinski definition) is 5. The molecular formula is C29H42F3N3O6. The average molecular weight is 586 g/mol. The number of rotatable bonds is 10. The number of nitrogens with one attached hydrogen (secondary N) is 2. The van der Waals surface area contributed by atoms with Gasteiger partial charge in [0.25, 0.3) is 0 Å². The number of likely N-dealkylation sites (N-methyl/N-ethyl adjacent to an activating group) is 2. The van der Waals surface area contributed by atoms with Gasteiger partial charge in [-0.1, -0.05) is 71.0 Å². The molecule has 0 heterocycles. The van der Waals surface area contributed by atoms with Crippen LogP contribution in [0.2, 0.25) is 0 Å². The lowest BCUT2D eigenvalue weighted by atomic mass is 9.83. The summed E-state index contributed by atoms with van der Waals surface area (Å²) in [7, 11) is 3.45. The van der Waals surface area contributed by atoms with Crippen molar-refractivity contribution in [2.45, 2.75) is 84.1 Å². The second-order valence-corrected chi connectivity index (χ2v) is 11.7. The maximum atomic E-state index is 13.7. The zero-order valence-electron chi connectivity index (χ0n) is 24.8. The van der Waals surface area contributed by atoms with Gasteiger partial charge in [-0.3, -0.25) is 9.59 Å². The summed E-state index contributed by atoms with van der Waals surface area (Å²) in [6.07, 6.45) is -1.67. The second-order valence-electron chi connectivity index (χ2n) is 11.7. The Kier molecular flexibility index (Phi) is 12.1. The summed E-state index contributed by atoms with van der Waals surface area (Å²) in [4.78, 5) is 49.1. The number of carbonyl (C=O) groups is 4. The van der Waals surface area contributed by atoms with E-state index < -0.39 is 41.7 Å². The van der Waals surface area contributed by atoms with Crippen LogP contribution in [0.3, 0.4) is 0 Å². The van der Waals surface area contributed by atoms with Gasteiger partial charge in [0.15, 0.2) is 0 Å². The van der Waals surface area contributed by atoms with Crippen LogP contribution in [0, 0.1) is 11.3 Å². The number of amides is 2. The van der Waals surface area contributed by atoms with Crippen LogP contribution in [0.1, 0.15) is 59.9 Å². The molecule has 1 aliphatic carbocycles. The first-order valence-corrected chi connectivity index (χ1v) is 13.2. The number of benzene rings is 1. The summed E-state index contributed by atoms with van der Waals surface area (Å²) in [5, 5.41) is 22.7. The van der Waals surface area contributed by atoms with Gasteiger partial charge in [0.05, 0.1) is 12.1 Å². The number of carbonyl (C=O) groups excluding carboxylic acids is 2. The van der Waals surface area contributed by atoms with Crippen LogP contribution >= 0.6 is 0 Å². The van der Waals surface area contributed by atoms with Crippen LogP contribution in [0.25, 0.3) is 0 Å². The molecule has 4 N–H and O–H groups in total. The van der Waals surface area contributed by atoms with Crippen molar-refractivity contribution in [3.05, 3.63) is 47.5 Å². The van der Waals surface area contributed by atoms with E-state index in [0.717, 1.165) is 18.4 Å². The SMILES string of the molecule is CN[C@H](C(=O)N[C@H](C(=O)N(C)[C@H](/C=C(\C)C(=O)O)C(C)C)C(C)(C)C)C1(c2ccccc2)CC1.O=C(O)C(F)(F)F. The summed E-state index contributed by atoms with van der Waals surface area (Å²) in [6.45, 7) is 11.2. The fourth-order valence-corrected chi connectivity index (χ4v) is 4.61. The fourth-order valence-electron chi connectivity index (χ4n) is 4.61. The summed E-state index contributed by atoms with van der Waals surface area (Å²) < 4.78 is 31.7. The Labute approximate surface area is 239 Å². The van der Waals surface area contributed by atoms with Gasteiger partial charge in [0.2, 0.25) is 11.8 Å². The van der Waals surface area contributed by atoms with Crippen molar-refractivity contribution >= 4 is 23.8 Å². The summed E-state index contributed by atoms with van der Waals surface area (Å²) in [5.74, 6) is -4.22. The summed E-state index contributed by atoms with van der Waals surface area (Å²) in [6, 6.07) is 8.38. The fraction of sp³-hybridized carbons (Fsp3) is 0.586. The Balaban J connectivity index is 0.00000106. The van der Waals surface area contributed by atoms with Crippen LogP contribution in [0.15, 0.2) is 42.0 Å². The molecule has 12 heteroatoms. The number of alkyl halides is 3. The minimum Gasteiger partial charge on any atom is -0.478 e. The van der Waals surface area contributed by atoms with Crippen molar-refractivity contribution < 1.29 is 42.6 Å². The van der Waals surface area contributed by atoms with Gasteiger partial charge in [0, 0.05) is 18.0 Å². The van der Waals surface area contributed by atoms with E-state index in [1.807, 2.05) is 52.8 Å². The second kappa shape index (κ2) is 14.0. The predicted octanol–water partition coefficient (Wildman–Crippen LogP) is 3.98. The van der Waals surface area contributed by atoms with E-state index in [4.69, 9.17) is 9.90 Å². The Morgan fingerprint density at radius 2 is 1.51 bits per heavy atom. The van der Waals surface area contributed by atoms with E-state index in [-0.39, 0.29) is 28.7 Å². The van der Waals surface area contributed by atoms with Crippen molar-refractivity contribution in [1.29, 1.82) is 0 Å². The summed E-state index contributed by atoms with van der Waals surface area (Å²) >= 11 is 0. The topological polar surface area (TPSA) is 136 Å². The number of nitrogens with zero attached hydrogens (tertiary/aromatic N) is 1. The van der Waals surface area contributed by atoms with Crippen LogP contribution in [0.4, 0.5) is 13.2 Å². The smallest absolute Gasteiger partial charge is 0.478 e. The normalized spacial score (nSPS) is 16.9. The zero-order valence-corrected chi connectivity index (χ0v) is 24.8. The third-order valence-electron chi connectivity index (χ3n) is 7.12. The molecule has 1 aromatic carbocycles. The van der Waals surface area contributed by atoms with Crippen molar-refractivity contribution in [3.63, 3.8) is 0 Å². The Morgan fingerprint density at radius 3 is 1.85 bits per heavy atom. The van der Waals surface area contributed by atoms with Crippen molar-refractivity contribution in [2.75, 3.05) is 14.1 Å². The average Bonchev–Trinajstić information content (AvgIpc) is 3.66. The van der Waals surface area contributed by atoms with Crippen molar-refractivity contribution in [3.8, 4) is 0 Å². The van der Waals surface area contributed by atoms with Gasteiger partial charge in [-0.2, -0.15) is 13.2 Å². The minimum absolute atomic E-state index is 0.00237. The highest BCUT2D eigenvalue weighted by atomic mass is 19.4. The minimum atomic E-state index is -5.08. The van der Waals surface area contributed by atoms with Gasteiger partial charge in [0.1, 0.15) is 6.04 Å². The molecule has 1 saturated carbocycles. The van der Waals surface area contributed by atoms with E-state index in [0.29, 0.717) is 0 Å². The zero-order chi connectivity index (χ0) is 31.9. The molecule has 0 aromatic heterocycles. The Morgan fingerprint density at radius 1 is 1.02 bits per heavy atom. The molecule has 0 aliphatic heterocycles. The van der Waals surface area contributed by atoms with E-state index in [1.165, 1.54) is 6.92 Å². The molecule has 2 amide bonds. The first-order valence-electron chi connectivity index (χ1n) is 13.2. The standard InChI is InChI=1S/C27H41N3O4.C2HF3O2/c1-17(2)20(16-18(3)25(33)34)30(8)24(32)22(26(4,5)6)29-23(31)21(28-7)27(14-15-27)19-12-10-9-11-13-19;3-2(4,5)1(6)7/h9-13,16-17,20-22,28H,14-15H2,1-8H3,(H,29,31)(H,33,34);(H,6,7)/b18-16+;/t20-,21-,22-;/m1./s1. The number of carboxylic acid groups (broad SMARTS) is 2. The third-order valence-corrected chi connectivity index (χ3v) is 7.12. The van der Waals surface area contributed by atoms with Crippen LogP contribution < -0.4 is 10.6 Å². The molecule has 0 saturated heterocycles. The lowest BCUT2D eigenvalue weighted by Gasteiger charge is -2.38. The molecule has 1 aromatic rings. The van der Waals surface area contributed by atoms with Crippen LogP contribution in [0.5, 0.6) is 0 Å². The predicted molar refractivity (Wildman–Crippen MR) is 148 cm³/mol. The maximum Gasteiger partial charge on any atom is 0.490 e. The molecule has 3 atom stereocenters. The van der Waals surface area contributed by atoms with Gasteiger partial charge in [-0.15, -0.1) is 0 Å². The lowest BCUT2D eigenvalue weighted by Crippen LogP contribution is -2.60. The maximum absolute atomic E-state index is 13.7. The third kappa shape index (κ3) is 9.58. The quantitative estimate of drug-likeness (QED) is 0.305. The molecular weight excluding hydrogens is 543 g/mol. The molecule has 0 bridgehead atoms. The van der Waals surface area contributed by atoms with Gasteiger partial charge >= 0.3 is 18.1 Å². The Bertz CT molecular complexity index is 1110. The van der Waals surface area contributed by atoms with E-state index in [2.05, 4.69) is 22.8 Å². The molecule has 0 spiro atoms. The lowest BCUT2D eigenvalue weighted by molar-refractivity contribution is -0.192. The molecule has 0 radical (unpaired) electrons.